The van der Waals surface area contributed by atoms with Crippen molar-refractivity contribution < 1.29 is 9.53 Å². The van der Waals surface area contributed by atoms with E-state index in [9.17, 15) is 4.79 Å². The minimum Gasteiger partial charge on any atom is -0.496 e. The van der Waals surface area contributed by atoms with Crippen molar-refractivity contribution in [1.29, 1.82) is 0 Å². The van der Waals surface area contributed by atoms with Gasteiger partial charge < -0.3 is 4.74 Å². The maximum Gasteiger partial charge on any atom is 0.172 e. The number of Topliss-reactive ketones (excluding diaryl/α,β-unsaturated/α-hetero) is 1. The second kappa shape index (κ2) is 6.76. The monoisotopic (exact) mass is 306 g/mol. The number of aryl methyl sites for hydroxylation is 2. The molecule has 2 rings (SSSR count). The number of para-hydroxylation sites is 1. The maximum atomic E-state index is 12.5. The molecule has 0 radical (unpaired) electrons. The summed E-state index contributed by atoms with van der Waals surface area (Å²) in [7, 11) is 1.56. The average molecular weight is 307 g/mol. The Hall–Kier alpha value is -1.81. The van der Waals surface area contributed by atoms with Crippen LogP contribution in [-0.4, -0.2) is 22.7 Å². The molecule has 0 unspecified atom stereocenters. The predicted molar refractivity (Wildman–Crippen MR) is 83.3 cm³/mol. The van der Waals surface area contributed by atoms with Crippen LogP contribution >= 0.6 is 11.6 Å². The van der Waals surface area contributed by atoms with Crippen molar-refractivity contribution in [1.82, 2.24) is 9.78 Å². The number of nitrogens with zero attached hydrogens (tertiary/aromatic N) is 2. The number of hydrogen-bond donors (Lipinski definition) is 0. The van der Waals surface area contributed by atoms with Gasteiger partial charge in [0.25, 0.3) is 0 Å². The van der Waals surface area contributed by atoms with E-state index in [0.29, 0.717) is 22.9 Å². The van der Waals surface area contributed by atoms with Crippen LogP contribution in [0.25, 0.3) is 0 Å². The fourth-order valence-electron chi connectivity index (χ4n) is 2.31. The molecule has 0 fully saturated rings. The molecule has 0 aliphatic carbocycles. The summed E-state index contributed by atoms with van der Waals surface area (Å²) in [4.78, 5) is 12.5. The van der Waals surface area contributed by atoms with E-state index < -0.39 is 0 Å². The molecule has 0 saturated heterocycles. The smallest absolute Gasteiger partial charge is 0.172 e. The maximum absolute atomic E-state index is 12.5. The number of benzene rings is 1. The molecule has 4 nitrogen and oxygen atoms in total. The molecule has 5 heteroatoms. The van der Waals surface area contributed by atoms with E-state index >= 15 is 0 Å². The molecule has 0 N–H and O–H groups in total. The lowest BCUT2D eigenvalue weighted by Crippen LogP contribution is -2.11. The summed E-state index contributed by atoms with van der Waals surface area (Å²) in [5, 5.41) is 5.04. The Bertz CT molecular complexity index is 650. The number of aromatic nitrogens is 2. The Labute approximate surface area is 129 Å². The summed E-state index contributed by atoms with van der Waals surface area (Å²) in [5.41, 5.74) is 2.17. The molecule has 112 valence electrons. The van der Waals surface area contributed by atoms with Crippen molar-refractivity contribution in [2.24, 2.45) is 0 Å². The van der Waals surface area contributed by atoms with Crippen LogP contribution in [0.4, 0.5) is 0 Å². The highest BCUT2D eigenvalue weighted by Crippen LogP contribution is 2.25. The van der Waals surface area contributed by atoms with E-state index in [-0.39, 0.29) is 12.2 Å². The molecular weight excluding hydrogens is 288 g/mol. The molecule has 1 aromatic heterocycles. The Balaban J connectivity index is 2.33. The molecule has 1 heterocycles. The lowest BCUT2D eigenvalue weighted by molar-refractivity contribution is 0.0987. The van der Waals surface area contributed by atoms with Gasteiger partial charge >= 0.3 is 0 Å². The van der Waals surface area contributed by atoms with Crippen molar-refractivity contribution in [3.8, 4) is 5.75 Å². The first-order valence-corrected chi connectivity index (χ1v) is 7.40. The largest absolute Gasteiger partial charge is 0.496 e. The molecule has 1 aromatic carbocycles. The van der Waals surface area contributed by atoms with E-state index in [1.807, 2.05) is 26.0 Å². The molecule has 0 aliphatic rings. The van der Waals surface area contributed by atoms with Crippen molar-refractivity contribution in [3.05, 3.63) is 46.2 Å². The molecule has 0 spiro atoms. The number of methoxy groups -OCH3 is 1. The predicted octanol–water partition coefficient (Wildman–Crippen LogP) is 3.55. The first-order chi connectivity index (χ1) is 10.1. The topological polar surface area (TPSA) is 44.1 Å². The van der Waals surface area contributed by atoms with Gasteiger partial charge in [0.1, 0.15) is 5.75 Å². The highest BCUT2D eigenvalue weighted by molar-refractivity contribution is 6.32. The molecule has 0 aliphatic heterocycles. The molecule has 0 amide bonds. The Morgan fingerprint density at radius 1 is 1.33 bits per heavy atom. The molecule has 2 aromatic rings. The highest BCUT2D eigenvalue weighted by atomic mass is 35.5. The Morgan fingerprint density at radius 3 is 2.67 bits per heavy atom. The van der Waals surface area contributed by atoms with E-state index in [1.165, 1.54) is 0 Å². The van der Waals surface area contributed by atoms with Crippen molar-refractivity contribution >= 4 is 17.4 Å². The number of carbonyl (C=O) groups is 1. The summed E-state index contributed by atoms with van der Waals surface area (Å²) >= 11 is 6.35. The van der Waals surface area contributed by atoms with Gasteiger partial charge in [-0.25, -0.2) is 0 Å². The van der Waals surface area contributed by atoms with Gasteiger partial charge in [0.2, 0.25) is 0 Å². The van der Waals surface area contributed by atoms with Crippen LogP contribution in [0.3, 0.4) is 0 Å². The third-order valence-corrected chi connectivity index (χ3v) is 3.87. The SMILES string of the molecule is CCc1nn(CC)c(CC(=O)c2ccccc2OC)c1Cl. The number of ether oxygens (including phenoxy) is 1. The average Bonchev–Trinajstić information content (AvgIpc) is 2.83. The highest BCUT2D eigenvalue weighted by Gasteiger charge is 2.19. The van der Waals surface area contributed by atoms with Crippen LogP contribution in [0.2, 0.25) is 5.02 Å². The fourth-order valence-corrected chi connectivity index (χ4v) is 2.64. The van der Waals surface area contributed by atoms with Crippen LogP contribution < -0.4 is 4.74 Å². The zero-order chi connectivity index (χ0) is 15.4. The summed E-state index contributed by atoms with van der Waals surface area (Å²) in [6.45, 7) is 4.67. The first kappa shape index (κ1) is 15.6. The van der Waals surface area contributed by atoms with Gasteiger partial charge in [-0.05, 0) is 25.5 Å². The van der Waals surface area contributed by atoms with Crippen molar-refractivity contribution in [3.63, 3.8) is 0 Å². The quantitative estimate of drug-likeness (QED) is 0.767. The number of halogens is 1. The Morgan fingerprint density at radius 2 is 2.05 bits per heavy atom. The van der Waals surface area contributed by atoms with E-state index in [1.54, 1.807) is 23.9 Å². The summed E-state index contributed by atoms with van der Waals surface area (Å²) in [6, 6.07) is 7.21. The zero-order valence-electron chi connectivity index (χ0n) is 12.5. The number of ketones is 1. The van der Waals surface area contributed by atoms with E-state index in [4.69, 9.17) is 16.3 Å². The van der Waals surface area contributed by atoms with Gasteiger partial charge in [0, 0.05) is 6.54 Å². The van der Waals surface area contributed by atoms with Crippen LogP contribution in [0.15, 0.2) is 24.3 Å². The van der Waals surface area contributed by atoms with Crippen molar-refractivity contribution in [2.45, 2.75) is 33.2 Å². The molecular formula is C16H19ClN2O2. The minimum atomic E-state index is -0.0217. The van der Waals surface area contributed by atoms with Gasteiger partial charge in [0.15, 0.2) is 5.78 Å². The fraction of sp³-hybridized carbons (Fsp3) is 0.375. The summed E-state index contributed by atoms with van der Waals surface area (Å²) in [6.07, 6.45) is 0.974. The summed E-state index contributed by atoms with van der Waals surface area (Å²) < 4.78 is 7.04. The second-order valence-corrected chi connectivity index (χ2v) is 5.05. The molecule has 0 saturated carbocycles. The number of carbonyl (C=O) groups excluding carboxylic acids is 1. The van der Waals surface area contributed by atoms with Gasteiger partial charge in [-0.15, -0.1) is 0 Å². The van der Waals surface area contributed by atoms with Gasteiger partial charge in [-0.3, -0.25) is 9.48 Å². The van der Waals surface area contributed by atoms with Gasteiger partial charge in [-0.1, -0.05) is 30.7 Å². The van der Waals surface area contributed by atoms with Gasteiger partial charge in [0.05, 0.1) is 35.5 Å². The van der Waals surface area contributed by atoms with E-state index in [0.717, 1.165) is 17.8 Å². The summed E-state index contributed by atoms with van der Waals surface area (Å²) in [5.74, 6) is 0.559. The second-order valence-electron chi connectivity index (χ2n) is 4.68. The van der Waals surface area contributed by atoms with E-state index in [2.05, 4.69) is 5.10 Å². The third-order valence-electron chi connectivity index (χ3n) is 3.43. The van der Waals surface area contributed by atoms with Crippen LogP contribution in [-0.2, 0) is 19.4 Å². The van der Waals surface area contributed by atoms with Crippen LogP contribution in [0, 0.1) is 0 Å². The normalized spacial score (nSPS) is 10.7. The lowest BCUT2D eigenvalue weighted by atomic mass is 10.1. The molecule has 0 atom stereocenters. The zero-order valence-corrected chi connectivity index (χ0v) is 13.3. The molecule has 0 bridgehead atoms. The first-order valence-electron chi connectivity index (χ1n) is 7.02. The number of hydrogen-bond acceptors (Lipinski definition) is 3. The van der Waals surface area contributed by atoms with Gasteiger partial charge in [-0.2, -0.15) is 5.10 Å². The standard InChI is InChI=1S/C16H19ClN2O2/c1-4-12-16(17)13(19(5-2)18-12)10-14(20)11-8-6-7-9-15(11)21-3/h6-9H,4-5,10H2,1-3H3. The van der Waals surface area contributed by atoms with Crippen LogP contribution in [0.5, 0.6) is 5.75 Å². The van der Waals surface area contributed by atoms with Crippen LogP contribution in [0.1, 0.15) is 35.6 Å². The molecule has 21 heavy (non-hydrogen) atoms. The number of rotatable bonds is 6. The lowest BCUT2D eigenvalue weighted by Gasteiger charge is -2.08. The Kier molecular flexibility index (Phi) is 5.02. The minimum absolute atomic E-state index is 0.0217. The van der Waals surface area contributed by atoms with Crippen molar-refractivity contribution in [2.75, 3.05) is 7.11 Å². The third kappa shape index (κ3) is 3.10.